The van der Waals surface area contributed by atoms with Gasteiger partial charge in [0.2, 0.25) is 6.34 Å². The van der Waals surface area contributed by atoms with E-state index in [1.165, 1.54) is 0 Å². The first-order valence-electron chi connectivity index (χ1n) is 2.35. The highest BCUT2D eigenvalue weighted by Crippen LogP contribution is 1.98. The zero-order chi connectivity index (χ0) is 6.20. The van der Waals surface area contributed by atoms with Gasteiger partial charge in [-0.2, -0.15) is 0 Å². The van der Waals surface area contributed by atoms with Gasteiger partial charge in [0.15, 0.2) is 0 Å². The summed E-state index contributed by atoms with van der Waals surface area (Å²) in [5.74, 6) is 0.532. The summed E-state index contributed by atoms with van der Waals surface area (Å²) in [6.45, 7) is 0. The van der Waals surface area contributed by atoms with E-state index in [1.807, 2.05) is 14.1 Å². The Morgan fingerprint density at radius 3 is 2.38 bits per heavy atom. The molecular formula is C4H9N4+. The maximum atomic E-state index is 5.41. The van der Waals surface area contributed by atoms with Crippen molar-refractivity contribution in [2.45, 2.75) is 0 Å². The van der Waals surface area contributed by atoms with Crippen molar-refractivity contribution in [1.29, 1.82) is 0 Å². The maximum Gasteiger partial charge on any atom is 0.324 e. The van der Waals surface area contributed by atoms with Gasteiger partial charge in [0.05, 0.1) is 14.1 Å². The largest absolute Gasteiger partial charge is 0.336 e. The van der Waals surface area contributed by atoms with Crippen molar-refractivity contribution >= 4 is 12.3 Å². The van der Waals surface area contributed by atoms with E-state index in [-0.39, 0.29) is 0 Å². The summed E-state index contributed by atoms with van der Waals surface area (Å²) in [6, 6.07) is 0. The summed E-state index contributed by atoms with van der Waals surface area (Å²) in [5.41, 5.74) is 5.41. The topological polar surface area (TPSA) is 50.7 Å². The van der Waals surface area contributed by atoms with Gasteiger partial charge in [0.25, 0.3) is 0 Å². The SMILES string of the molecule is C[N+]1(C)C=NN=C1N. The van der Waals surface area contributed by atoms with Gasteiger partial charge < -0.3 is 5.73 Å². The second kappa shape index (κ2) is 1.29. The zero-order valence-electron chi connectivity index (χ0n) is 5.00. The van der Waals surface area contributed by atoms with E-state index in [9.17, 15) is 0 Å². The van der Waals surface area contributed by atoms with Crippen molar-refractivity contribution in [3.8, 4) is 0 Å². The Hall–Kier alpha value is -0.900. The Morgan fingerprint density at radius 2 is 2.25 bits per heavy atom. The number of guanidine groups is 1. The molecular weight excluding hydrogens is 104 g/mol. The highest BCUT2D eigenvalue weighted by Gasteiger charge is 2.22. The fourth-order valence-corrected chi connectivity index (χ4v) is 0.388. The van der Waals surface area contributed by atoms with Gasteiger partial charge in [-0.1, -0.05) is 10.2 Å². The molecule has 0 saturated carbocycles. The van der Waals surface area contributed by atoms with Gasteiger partial charge in [0.1, 0.15) is 0 Å². The second-order valence-electron chi connectivity index (χ2n) is 2.23. The molecule has 0 fully saturated rings. The van der Waals surface area contributed by atoms with Crippen molar-refractivity contribution < 1.29 is 4.48 Å². The third kappa shape index (κ3) is 0.586. The number of quaternary nitrogens is 1. The Bertz CT molecular complexity index is 155. The summed E-state index contributed by atoms with van der Waals surface area (Å²) in [4.78, 5) is 0. The van der Waals surface area contributed by atoms with Crippen LogP contribution < -0.4 is 5.73 Å². The summed E-state index contributed by atoms with van der Waals surface area (Å²) in [5, 5.41) is 7.25. The Kier molecular flexibility index (Phi) is 0.844. The second-order valence-corrected chi connectivity index (χ2v) is 2.23. The van der Waals surface area contributed by atoms with E-state index < -0.39 is 0 Å². The van der Waals surface area contributed by atoms with Crippen LogP contribution in [0.25, 0.3) is 0 Å². The minimum Gasteiger partial charge on any atom is -0.336 e. The van der Waals surface area contributed by atoms with Gasteiger partial charge in [-0.15, -0.1) is 0 Å². The van der Waals surface area contributed by atoms with Gasteiger partial charge >= 0.3 is 5.96 Å². The fraction of sp³-hybridized carbons (Fsp3) is 0.500. The van der Waals surface area contributed by atoms with E-state index in [1.54, 1.807) is 6.34 Å². The number of nitrogens with two attached hydrogens (primary N) is 1. The molecule has 0 atom stereocenters. The minimum atomic E-state index is 0.472. The molecule has 0 saturated heterocycles. The highest BCUT2D eigenvalue weighted by atomic mass is 15.5. The molecule has 1 rings (SSSR count). The molecule has 2 N–H and O–H groups in total. The number of hydrogen-bond donors (Lipinski definition) is 1. The lowest BCUT2D eigenvalue weighted by molar-refractivity contribution is -0.690. The normalized spacial score (nSPS) is 23.5. The van der Waals surface area contributed by atoms with Gasteiger partial charge in [0, 0.05) is 0 Å². The molecule has 1 aliphatic rings. The molecule has 0 aliphatic carbocycles. The summed E-state index contributed by atoms with van der Waals surface area (Å²) in [6.07, 6.45) is 1.68. The maximum absolute atomic E-state index is 5.41. The zero-order valence-corrected chi connectivity index (χ0v) is 5.00. The van der Waals surface area contributed by atoms with Gasteiger partial charge in [-0.25, -0.2) is 4.48 Å². The van der Waals surface area contributed by atoms with Gasteiger partial charge in [-0.05, 0) is 0 Å². The van der Waals surface area contributed by atoms with E-state index in [0.717, 1.165) is 0 Å². The summed E-state index contributed by atoms with van der Waals surface area (Å²) < 4.78 is 0.472. The average Bonchev–Trinajstić information content (AvgIpc) is 1.86. The number of hydrogen-bond acceptors (Lipinski definition) is 3. The van der Waals surface area contributed by atoms with Crippen LogP contribution in [0.3, 0.4) is 0 Å². The first-order chi connectivity index (χ1) is 3.63. The average molecular weight is 113 g/mol. The van der Waals surface area contributed by atoms with E-state index >= 15 is 0 Å². The van der Waals surface area contributed by atoms with Crippen LogP contribution in [0.2, 0.25) is 0 Å². The molecule has 0 amide bonds. The molecule has 0 aromatic heterocycles. The van der Waals surface area contributed by atoms with Crippen LogP contribution in [-0.4, -0.2) is 30.9 Å². The van der Waals surface area contributed by atoms with Crippen LogP contribution in [0.1, 0.15) is 0 Å². The van der Waals surface area contributed by atoms with Crippen molar-refractivity contribution in [3.05, 3.63) is 0 Å². The molecule has 0 unspecified atom stereocenters. The predicted octanol–water partition coefficient (Wildman–Crippen LogP) is -0.666. The predicted molar refractivity (Wildman–Crippen MR) is 32.2 cm³/mol. The standard InChI is InChI=1S/C4H9N4/c1-8(2)3-6-7-4(8)5/h3H,1-2H3,(H2,5,7)/q+1. The smallest absolute Gasteiger partial charge is 0.324 e. The Morgan fingerprint density at radius 1 is 1.62 bits per heavy atom. The summed E-state index contributed by atoms with van der Waals surface area (Å²) in [7, 11) is 3.82. The molecule has 1 aliphatic heterocycles. The van der Waals surface area contributed by atoms with Crippen LogP contribution in [-0.2, 0) is 0 Å². The third-order valence-corrected chi connectivity index (χ3v) is 1.09. The van der Waals surface area contributed by atoms with Crippen molar-refractivity contribution in [1.82, 2.24) is 0 Å². The van der Waals surface area contributed by atoms with Crippen molar-refractivity contribution in [3.63, 3.8) is 0 Å². The van der Waals surface area contributed by atoms with Crippen molar-refractivity contribution in [2.24, 2.45) is 15.9 Å². The Balaban J connectivity index is 2.87. The molecule has 44 valence electrons. The highest BCUT2D eigenvalue weighted by molar-refractivity contribution is 5.81. The van der Waals surface area contributed by atoms with Crippen LogP contribution in [0, 0.1) is 0 Å². The minimum absolute atomic E-state index is 0.472. The molecule has 8 heavy (non-hydrogen) atoms. The molecule has 0 bridgehead atoms. The molecule has 1 heterocycles. The van der Waals surface area contributed by atoms with Crippen LogP contribution in [0.5, 0.6) is 0 Å². The fourth-order valence-electron chi connectivity index (χ4n) is 0.388. The van der Waals surface area contributed by atoms with E-state index in [2.05, 4.69) is 10.2 Å². The van der Waals surface area contributed by atoms with Crippen LogP contribution in [0.4, 0.5) is 0 Å². The quantitative estimate of drug-likeness (QED) is 0.416. The molecule has 0 spiro atoms. The number of rotatable bonds is 0. The molecule has 4 nitrogen and oxygen atoms in total. The first kappa shape index (κ1) is 5.24. The third-order valence-electron chi connectivity index (χ3n) is 1.09. The lowest BCUT2D eigenvalue weighted by Gasteiger charge is -2.14. The first-order valence-corrected chi connectivity index (χ1v) is 2.35. The monoisotopic (exact) mass is 113 g/mol. The molecule has 0 aromatic carbocycles. The van der Waals surface area contributed by atoms with Crippen molar-refractivity contribution in [2.75, 3.05) is 14.1 Å². The number of nitrogens with zero attached hydrogens (tertiary/aromatic N) is 3. The van der Waals surface area contributed by atoms with Gasteiger partial charge in [-0.3, -0.25) is 0 Å². The molecule has 4 heteroatoms. The van der Waals surface area contributed by atoms with E-state index in [4.69, 9.17) is 5.73 Å². The lowest BCUT2D eigenvalue weighted by Crippen LogP contribution is -2.46. The molecule has 0 aromatic rings. The van der Waals surface area contributed by atoms with E-state index in [0.29, 0.717) is 10.4 Å². The lowest BCUT2D eigenvalue weighted by atomic mass is 10.7. The molecule has 0 radical (unpaired) electrons. The Labute approximate surface area is 47.9 Å². The van der Waals surface area contributed by atoms with Crippen LogP contribution >= 0.6 is 0 Å². The summed E-state index contributed by atoms with van der Waals surface area (Å²) >= 11 is 0. The van der Waals surface area contributed by atoms with Crippen LogP contribution in [0.15, 0.2) is 10.2 Å².